The highest BCUT2D eigenvalue weighted by Crippen LogP contribution is 2.42. The smallest absolute Gasteiger partial charge is 0.123 e. The quantitative estimate of drug-likeness (QED) is 0.104. The molecule has 0 fully saturated rings. The first-order chi connectivity index (χ1) is 28.3. The molecule has 0 saturated carbocycles. The van der Waals surface area contributed by atoms with Crippen molar-refractivity contribution >= 4 is 0 Å². The molecule has 0 radical (unpaired) electrons. The number of hydrogen-bond donors (Lipinski definition) is 3. The Balaban J connectivity index is 1.63. The predicted octanol–water partition coefficient (Wildman–Crippen LogP) is 14.0. The molecule has 0 bridgehead atoms. The van der Waals surface area contributed by atoms with Gasteiger partial charge in [-0.15, -0.1) is 0 Å². The van der Waals surface area contributed by atoms with E-state index in [0.717, 1.165) is 84.7 Å². The Kier molecular flexibility index (Phi) is 18.3. The second-order valence-electron chi connectivity index (χ2n) is 24.2. The number of rotatable bonds is 19. The third kappa shape index (κ3) is 15.9. The van der Waals surface area contributed by atoms with Gasteiger partial charge in [-0.2, -0.15) is 0 Å². The van der Waals surface area contributed by atoms with Gasteiger partial charge in [-0.25, -0.2) is 0 Å². The Morgan fingerprint density at radius 2 is 0.581 bits per heavy atom. The standard InChI is InChI=1S/C56H90O6/c1-51(2,3)42-32-38(33-43(48(42)57)52(4,5)6)22-19-27-60-30-25-41(62-29-21-24-40-36-46(55(13,14)15)50(59)47(37-40)56(16,17)18)26-31-61-28-20-23-39-34-44(53(7,8)9)49(58)45(35-39)54(10,11)12/h32-37,41,57-59H,19-31H2,1-18H3. The summed E-state index contributed by atoms with van der Waals surface area (Å²) in [5.41, 5.74) is 8.80. The van der Waals surface area contributed by atoms with E-state index in [1.165, 1.54) is 16.7 Å². The van der Waals surface area contributed by atoms with Gasteiger partial charge in [0.25, 0.3) is 0 Å². The van der Waals surface area contributed by atoms with E-state index in [4.69, 9.17) is 14.2 Å². The Morgan fingerprint density at radius 3 is 0.806 bits per heavy atom. The lowest BCUT2D eigenvalue weighted by molar-refractivity contribution is -0.00231. The van der Waals surface area contributed by atoms with E-state index in [1.54, 1.807) is 0 Å². The summed E-state index contributed by atoms with van der Waals surface area (Å²) in [6, 6.07) is 13.1. The van der Waals surface area contributed by atoms with Crippen molar-refractivity contribution < 1.29 is 29.5 Å². The molecular weight excluding hydrogens is 769 g/mol. The minimum Gasteiger partial charge on any atom is -0.507 e. The third-order valence-corrected chi connectivity index (χ3v) is 12.0. The summed E-state index contributed by atoms with van der Waals surface area (Å²) in [7, 11) is 0. The van der Waals surface area contributed by atoms with Gasteiger partial charge in [0, 0.05) is 33.0 Å². The van der Waals surface area contributed by atoms with Crippen molar-refractivity contribution in [3.05, 3.63) is 86.5 Å². The fraction of sp³-hybridized carbons (Fsp3) is 0.679. The largest absolute Gasteiger partial charge is 0.507 e. The Labute approximate surface area is 379 Å². The van der Waals surface area contributed by atoms with Crippen LogP contribution in [-0.4, -0.2) is 54.5 Å². The lowest BCUT2D eigenvalue weighted by Crippen LogP contribution is -2.20. The van der Waals surface area contributed by atoms with Crippen molar-refractivity contribution in [2.75, 3.05) is 33.0 Å². The summed E-state index contributed by atoms with van der Waals surface area (Å²) in [5.74, 6) is 1.27. The molecular formula is C56H90O6. The van der Waals surface area contributed by atoms with Gasteiger partial charge >= 0.3 is 0 Å². The van der Waals surface area contributed by atoms with Gasteiger partial charge in [0.1, 0.15) is 17.2 Å². The van der Waals surface area contributed by atoms with Crippen LogP contribution in [0.4, 0.5) is 0 Å². The number of benzene rings is 3. The molecule has 0 unspecified atom stereocenters. The average molecular weight is 859 g/mol. The molecule has 0 aliphatic carbocycles. The number of phenolic OH excluding ortho intramolecular Hbond substituents is 3. The number of hydrogen-bond acceptors (Lipinski definition) is 6. The van der Waals surface area contributed by atoms with Crippen LogP contribution in [0, 0.1) is 0 Å². The van der Waals surface area contributed by atoms with E-state index < -0.39 is 0 Å². The second kappa shape index (κ2) is 21.3. The zero-order valence-electron chi connectivity index (χ0n) is 42.8. The van der Waals surface area contributed by atoms with Crippen LogP contribution in [0.3, 0.4) is 0 Å². The Hall–Kier alpha value is -3.06. The molecule has 0 spiro atoms. The highest BCUT2D eigenvalue weighted by atomic mass is 16.5. The predicted molar refractivity (Wildman–Crippen MR) is 262 cm³/mol. The first-order valence-corrected chi connectivity index (χ1v) is 23.7. The van der Waals surface area contributed by atoms with Gasteiger partial charge in [0.15, 0.2) is 0 Å². The molecule has 6 nitrogen and oxygen atoms in total. The molecule has 62 heavy (non-hydrogen) atoms. The fourth-order valence-electron chi connectivity index (χ4n) is 8.17. The molecule has 0 aromatic heterocycles. The van der Waals surface area contributed by atoms with Crippen LogP contribution in [-0.2, 0) is 66.0 Å². The Bertz CT molecular complexity index is 1680. The Morgan fingerprint density at radius 1 is 0.355 bits per heavy atom. The van der Waals surface area contributed by atoms with Crippen molar-refractivity contribution in [2.24, 2.45) is 0 Å². The van der Waals surface area contributed by atoms with Crippen LogP contribution >= 0.6 is 0 Å². The number of aryl methyl sites for hydroxylation is 3. The van der Waals surface area contributed by atoms with Gasteiger partial charge in [-0.3, -0.25) is 0 Å². The SMILES string of the molecule is CC(C)(C)c1cc(CCCOCCC(CCOCCCc2cc(C(C)(C)C)c(O)c(C(C)(C)C)c2)OCCCc2cc(C(C)(C)C)c(O)c(C(C)(C)C)c2)cc(C(C)(C)C)c1O. The van der Waals surface area contributed by atoms with Crippen molar-refractivity contribution in [1.29, 1.82) is 0 Å². The topological polar surface area (TPSA) is 88.4 Å². The summed E-state index contributed by atoms with van der Waals surface area (Å²) >= 11 is 0. The van der Waals surface area contributed by atoms with Crippen LogP contribution in [0.25, 0.3) is 0 Å². The zero-order valence-corrected chi connectivity index (χ0v) is 42.8. The maximum atomic E-state index is 11.2. The third-order valence-electron chi connectivity index (χ3n) is 12.0. The van der Waals surface area contributed by atoms with E-state index in [2.05, 4.69) is 161 Å². The number of ether oxygens (including phenoxy) is 3. The van der Waals surface area contributed by atoms with Crippen LogP contribution in [0.2, 0.25) is 0 Å². The van der Waals surface area contributed by atoms with Gasteiger partial charge in [0.2, 0.25) is 0 Å². The van der Waals surface area contributed by atoms with Crippen molar-refractivity contribution in [1.82, 2.24) is 0 Å². The van der Waals surface area contributed by atoms with Crippen LogP contribution in [0.5, 0.6) is 17.2 Å². The van der Waals surface area contributed by atoms with Gasteiger partial charge in [0.05, 0.1) is 6.10 Å². The lowest BCUT2D eigenvalue weighted by atomic mass is 9.78. The molecule has 0 heterocycles. The molecule has 0 amide bonds. The summed E-state index contributed by atoms with van der Waals surface area (Å²) < 4.78 is 19.1. The summed E-state index contributed by atoms with van der Waals surface area (Å²) in [6.07, 6.45) is 6.97. The molecule has 350 valence electrons. The molecule has 3 rings (SSSR count). The summed E-state index contributed by atoms with van der Waals surface area (Å²) in [4.78, 5) is 0. The van der Waals surface area contributed by atoms with Crippen molar-refractivity contribution in [3.63, 3.8) is 0 Å². The molecule has 6 heteroatoms. The molecule has 0 aliphatic heterocycles. The first-order valence-electron chi connectivity index (χ1n) is 23.7. The zero-order chi connectivity index (χ0) is 47.1. The summed E-state index contributed by atoms with van der Waals surface area (Å²) in [6.45, 7) is 42.1. The molecule has 3 aromatic carbocycles. The highest BCUT2D eigenvalue weighted by Gasteiger charge is 2.29. The lowest BCUT2D eigenvalue weighted by Gasteiger charge is -2.28. The molecule has 3 N–H and O–H groups in total. The summed E-state index contributed by atoms with van der Waals surface area (Å²) in [5, 5.41) is 33.6. The van der Waals surface area contributed by atoms with Crippen LogP contribution in [0.1, 0.15) is 207 Å². The minimum absolute atomic E-state index is 0.0201. The van der Waals surface area contributed by atoms with Crippen LogP contribution in [0.15, 0.2) is 36.4 Å². The maximum Gasteiger partial charge on any atom is 0.123 e. The maximum absolute atomic E-state index is 11.2. The number of phenols is 3. The van der Waals surface area contributed by atoms with Crippen molar-refractivity contribution in [2.45, 2.75) is 215 Å². The van der Waals surface area contributed by atoms with Crippen LogP contribution < -0.4 is 0 Å². The molecule has 0 saturated heterocycles. The molecule has 3 aromatic rings. The first kappa shape index (κ1) is 53.3. The highest BCUT2D eigenvalue weighted by molar-refractivity contribution is 5.52. The number of aromatic hydroxyl groups is 3. The minimum atomic E-state index is -0.161. The van der Waals surface area contributed by atoms with E-state index in [9.17, 15) is 15.3 Å². The van der Waals surface area contributed by atoms with E-state index >= 15 is 0 Å². The molecule has 0 atom stereocenters. The van der Waals surface area contributed by atoms with Gasteiger partial charge < -0.3 is 29.5 Å². The van der Waals surface area contributed by atoms with E-state index in [0.29, 0.717) is 50.3 Å². The molecule has 0 aliphatic rings. The van der Waals surface area contributed by atoms with E-state index in [-0.39, 0.29) is 38.6 Å². The van der Waals surface area contributed by atoms with E-state index in [1.807, 2.05) is 0 Å². The normalized spacial score (nSPS) is 13.4. The average Bonchev–Trinajstić information content (AvgIpc) is 3.11. The van der Waals surface area contributed by atoms with Gasteiger partial charge in [-0.05, 0) is 134 Å². The fourth-order valence-corrected chi connectivity index (χ4v) is 8.17. The van der Waals surface area contributed by atoms with Gasteiger partial charge in [-0.1, -0.05) is 161 Å². The second-order valence-corrected chi connectivity index (χ2v) is 24.2. The monoisotopic (exact) mass is 859 g/mol. The van der Waals surface area contributed by atoms with Crippen molar-refractivity contribution in [3.8, 4) is 17.2 Å².